The van der Waals surface area contributed by atoms with Gasteiger partial charge in [0.15, 0.2) is 0 Å². The fourth-order valence-electron chi connectivity index (χ4n) is 1.70. The summed E-state index contributed by atoms with van der Waals surface area (Å²) < 4.78 is 0. The molecule has 1 fully saturated rings. The van der Waals surface area contributed by atoms with E-state index < -0.39 is 0 Å². The number of piperidine rings is 1. The van der Waals surface area contributed by atoms with Crippen LogP contribution in [0.1, 0.15) is 19.8 Å². The van der Waals surface area contributed by atoms with E-state index in [4.69, 9.17) is 0 Å². The van der Waals surface area contributed by atoms with Crippen molar-refractivity contribution in [3.05, 3.63) is 0 Å². The van der Waals surface area contributed by atoms with Crippen LogP contribution in [0.25, 0.3) is 0 Å². The van der Waals surface area contributed by atoms with Gasteiger partial charge in [0.25, 0.3) is 0 Å². The molecule has 0 saturated carbocycles. The highest BCUT2D eigenvalue weighted by Gasteiger charge is 2.20. The third-order valence-electron chi connectivity index (χ3n) is 2.45. The third kappa shape index (κ3) is 2.27. The molecule has 0 aromatic heterocycles. The zero-order valence-corrected chi connectivity index (χ0v) is 7.19. The number of rotatable bonds is 2. The summed E-state index contributed by atoms with van der Waals surface area (Å²) >= 11 is 0. The Hall–Kier alpha value is -0.0800. The van der Waals surface area contributed by atoms with Crippen LogP contribution in [0.15, 0.2) is 0 Å². The Kier molecular flexibility index (Phi) is 3.16. The van der Waals surface area contributed by atoms with Gasteiger partial charge in [-0.15, -0.1) is 0 Å². The van der Waals surface area contributed by atoms with Gasteiger partial charge >= 0.3 is 0 Å². The van der Waals surface area contributed by atoms with Gasteiger partial charge in [-0.2, -0.15) is 0 Å². The maximum atomic E-state index is 2.48. The second-order valence-electron chi connectivity index (χ2n) is 3.44. The lowest BCUT2D eigenvalue weighted by atomic mass is 10.1. The molecule has 0 bridgehead atoms. The third-order valence-corrected chi connectivity index (χ3v) is 2.45. The number of nitrogens with one attached hydrogen (secondary N) is 1. The minimum atomic E-state index is 0.939. The van der Waals surface area contributed by atoms with Gasteiger partial charge in [0, 0.05) is 12.8 Å². The molecule has 0 aromatic rings. The van der Waals surface area contributed by atoms with Crippen LogP contribution >= 0.6 is 0 Å². The summed E-state index contributed by atoms with van der Waals surface area (Å²) in [6.07, 6.45) is 2.83. The molecule has 0 unspecified atom stereocenters. The van der Waals surface area contributed by atoms with Crippen molar-refractivity contribution in [1.29, 1.82) is 0 Å². The van der Waals surface area contributed by atoms with Crippen molar-refractivity contribution in [1.82, 2.24) is 0 Å². The van der Waals surface area contributed by atoms with Crippen LogP contribution in [-0.4, -0.2) is 32.7 Å². The Balaban J connectivity index is 2.13. The van der Waals surface area contributed by atoms with Crippen LogP contribution in [0, 0.1) is 0 Å². The summed E-state index contributed by atoms with van der Waals surface area (Å²) in [6, 6.07) is 0.939. The SMILES string of the molecule is CC[NH2+]C1CC[NH+](C)CC1. The molecule has 2 heteroatoms. The standard InChI is InChI=1S/C8H18N2/c1-3-9-8-4-6-10(2)7-5-8/h8-9H,3-7H2,1-2H3/p+2. The molecule has 3 N–H and O–H groups in total. The molecule has 0 aliphatic carbocycles. The van der Waals surface area contributed by atoms with Gasteiger partial charge in [0.2, 0.25) is 0 Å². The van der Waals surface area contributed by atoms with Crippen LogP contribution in [0.4, 0.5) is 0 Å². The van der Waals surface area contributed by atoms with Crippen LogP contribution in [0.2, 0.25) is 0 Å². The van der Waals surface area contributed by atoms with Crippen LogP contribution in [0.5, 0.6) is 0 Å². The van der Waals surface area contributed by atoms with Crippen molar-refractivity contribution < 1.29 is 10.2 Å². The normalized spacial score (nSPS) is 34.2. The van der Waals surface area contributed by atoms with Crippen LogP contribution < -0.4 is 10.2 Å². The summed E-state index contributed by atoms with van der Waals surface area (Å²) in [6.45, 7) is 6.25. The Morgan fingerprint density at radius 2 is 2.00 bits per heavy atom. The molecular weight excluding hydrogens is 124 g/mol. The first-order valence-corrected chi connectivity index (χ1v) is 4.47. The number of nitrogens with two attached hydrogens (primary N) is 1. The lowest BCUT2D eigenvalue weighted by molar-refractivity contribution is -0.894. The maximum Gasteiger partial charge on any atom is 0.0967 e. The van der Waals surface area contributed by atoms with Crippen molar-refractivity contribution >= 4 is 0 Å². The Bertz CT molecular complexity index is 85.3. The molecule has 0 radical (unpaired) electrons. The molecule has 10 heavy (non-hydrogen) atoms. The van der Waals surface area contributed by atoms with Gasteiger partial charge in [-0.1, -0.05) is 0 Å². The first-order valence-electron chi connectivity index (χ1n) is 4.47. The van der Waals surface area contributed by atoms with Crippen molar-refractivity contribution in [3.8, 4) is 0 Å². The maximum absolute atomic E-state index is 2.48. The smallest absolute Gasteiger partial charge is 0.0967 e. The van der Waals surface area contributed by atoms with Gasteiger partial charge in [0.05, 0.1) is 32.7 Å². The Labute approximate surface area is 63.6 Å². The number of likely N-dealkylation sites (tertiary alicyclic amines) is 1. The largest absolute Gasteiger partial charge is 0.344 e. The molecule has 1 aliphatic heterocycles. The van der Waals surface area contributed by atoms with Gasteiger partial charge in [0.1, 0.15) is 0 Å². The second-order valence-corrected chi connectivity index (χ2v) is 3.44. The Morgan fingerprint density at radius 1 is 1.40 bits per heavy atom. The quantitative estimate of drug-likeness (QED) is 0.458. The van der Waals surface area contributed by atoms with E-state index in [1.807, 2.05) is 0 Å². The number of hydrogen-bond acceptors (Lipinski definition) is 0. The zero-order chi connectivity index (χ0) is 7.40. The van der Waals surface area contributed by atoms with Gasteiger partial charge in [-0.05, 0) is 6.92 Å². The highest BCUT2D eigenvalue weighted by atomic mass is 15.1. The highest BCUT2D eigenvalue weighted by Crippen LogP contribution is 1.91. The Morgan fingerprint density at radius 3 is 2.50 bits per heavy atom. The monoisotopic (exact) mass is 144 g/mol. The summed E-state index contributed by atoms with van der Waals surface area (Å²) in [4.78, 5) is 1.71. The average molecular weight is 144 g/mol. The predicted octanol–water partition coefficient (Wildman–Crippen LogP) is -1.75. The summed E-state index contributed by atoms with van der Waals surface area (Å²) in [7, 11) is 2.29. The predicted molar refractivity (Wildman–Crippen MR) is 42.1 cm³/mol. The zero-order valence-electron chi connectivity index (χ0n) is 7.19. The molecule has 1 heterocycles. The number of quaternary nitrogens is 2. The summed E-state index contributed by atoms with van der Waals surface area (Å²) in [5, 5.41) is 2.48. The molecule has 1 saturated heterocycles. The van der Waals surface area contributed by atoms with E-state index >= 15 is 0 Å². The van der Waals surface area contributed by atoms with E-state index in [9.17, 15) is 0 Å². The molecule has 0 aromatic carbocycles. The van der Waals surface area contributed by atoms with E-state index in [1.54, 1.807) is 4.90 Å². The van der Waals surface area contributed by atoms with Gasteiger partial charge in [-0.25, -0.2) is 0 Å². The summed E-state index contributed by atoms with van der Waals surface area (Å²) in [5.74, 6) is 0. The van der Waals surface area contributed by atoms with Crippen molar-refractivity contribution in [3.63, 3.8) is 0 Å². The van der Waals surface area contributed by atoms with E-state index in [-0.39, 0.29) is 0 Å². The van der Waals surface area contributed by atoms with Crippen LogP contribution in [-0.2, 0) is 0 Å². The summed E-state index contributed by atoms with van der Waals surface area (Å²) in [5.41, 5.74) is 0. The van der Waals surface area contributed by atoms with E-state index in [2.05, 4.69) is 19.3 Å². The van der Waals surface area contributed by atoms with Gasteiger partial charge < -0.3 is 10.2 Å². The molecule has 0 amide bonds. The number of hydrogen-bond donors (Lipinski definition) is 2. The topological polar surface area (TPSA) is 21.1 Å². The van der Waals surface area contributed by atoms with E-state index in [0.717, 1.165) is 6.04 Å². The lowest BCUT2D eigenvalue weighted by Crippen LogP contribution is -3.12. The average Bonchev–Trinajstić information content (AvgIpc) is 1.95. The van der Waals surface area contributed by atoms with E-state index in [0.29, 0.717) is 0 Å². The molecule has 2 nitrogen and oxygen atoms in total. The molecule has 1 aliphatic rings. The first-order chi connectivity index (χ1) is 4.83. The fraction of sp³-hybridized carbons (Fsp3) is 1.00. The lowest BCUT2D eigenvalue weighted by Gasteiger charge is -2.24. The minimum absolute atomic E-state index is 0.939. The van der Waals surface area contributed by atoms with Crippen molar-refractivity contribution in [2.24, 2.45) is 0 Å². The molecule has 60 valence electrons. The first kappa shape index (κ1) is 8.02. The molecule has 0 spiro atoms. The molecular formula is C8H20N2+2. The highest BCUT2D eigenvalue weighted by molar-refractivity contribution is 4.56. The minimum Gasteiger partial charge on any atom is -0.344 e. The molecule has 1 rings (SSSR count). The van der Waals surface area contributed by atoms with Crippen LogP contribution in [0.3, 0.4) is 0 Å². The van der Waals surface area contributed by atoms with E-state index in [1.165, 1.54) is 32.5 Å². The van der Waals surface area contributed by atoms with Crippen molar-refractivity contribution in [2.75, 3.05) is 26.7 Å². The van der Waals surface area contributed by atoms with Crippen molar-refractivity contribution in [2.45, 2.75) is 25.8 Å². The van der Waals surface area contributed by atoms with Gasteiger partial charge in [-0.3, -0.25) is 0 Å². The molecule has 0 atom stereocenters. The fourth-order valence-corrected chi connectivity index (χ4v) is 1.70. The second kappa shape index (κ2) is 3.94.